The number of methoxy groups -OCH3 is 1. The van der Waals surface area contributed by atoms with E-state index >= 15 is 0 Å². The topological polar surface area (TPSA) is 83.3 Å². The zero-order chi connectivity index (χ0) is 22.7. The lowest BCUT2D eigenvalue weighted by Gasteiger charge is -2.11. The van der Waals surface area contributed by atoms with Gasteiger partial charge in [0.15, 0.2) is 5.75 Å². The predicted molar refractivity (Wildman–Crippen MR) is 127 cm³/mol. The Labute approximate surface area is 190 Å². The molecule has 1 amide bonds. The summed E-state index contributed by atoms with van der Waals surface area (Å²) in [6, 6.07) is 21.2. The van der Waals surface area contributed by atoms with Gasteiger partial charge in [-0.2, -0.15) is 5.11 Å². The zero-order valence-corrected chi connectivity index (χ0v) is 18.2. The average molecular weight is 446 g/mol. The van der Waals surface area contributed by atoms with E-state index in [-0.39, 0.29) is 17.0 Å². The third-order valence-electron chi connectivity index (χ3n) is 5.01. The second kappa shape index (κ2) is 9.08. The predicted octanol–water partition coefficient (Wildman–Crippen LogP) is 7.18. The number of fused-ring (bicyclic) bond motifs is 1. The molecule has 0 fully saturated rings. The number of phenolic OH excluding ortho intramolecular Hbond substituents is 1. The second-order valence-corrected chi connectivity index (χ2v) is 7.57. The number of carbonyl (C=O) groups excluding carboxylic acids is 1. The van der Waals surface area contributed by atoms with Gasteiger partial charge < -0.3 is 15.2 Å². The van der Waals surface area contributed by atoms with Crippen molar-refractivity contribution in [2.75, 3.05) is 12.4 Å². The summed E-state index contributed by atoms with van der Waals surface area (Å²) in [5.41, 5.74) is 2.34. The fraction of sp³-hybridized carbons (Fsp3) is 0.0800. The molecule has 0 aliphatic carbocycles. The molecule has 7 heteroatoms. The van der Waals surface area contributed by atoms with E-state index in [0.717, 1.165) is 10.9 Å². The number of hydrogen-bond acceptors (Lipinski definition) is 5. The normalized spacial score (nSPS) is 11.1. The maximum absolute atomic E-state index is 12.9. The number of carbonyl (C=O) groups is 1. The molecule has 0 spiro atoms. The van der Waals surface area contributed by atoms with Crippen molar-refractivity contribution in [2.24, 2.45) is 10.2 Å². The van der Waals surface area contributed by atoms with Gasteiger partial charge in [0.25, 0.3) is 5.91 Å². The maximum atomic E-state index is 12.9. The first-order valence-corrected chi connectivity index (χ1v) is 10.2. The highest BCUT2D eigenvalue weighted by molar-refractivity contribution is 6.31. The monoisotopic (exact) mass is 445 g/mol. The molecule has 0 heterocycles. The Balaban J connectivity index is 1.73. The van der Waals surface area contributed by atoms with Crippen LogP contribution in [0.25, 0.3) is 10.8 Å². The molecule has 32 heavy (non-hydrogen) atoms. The molecule has 6 nitrogen and oxygen atoms in total. The van der Waals surface area contributed by atoms with Crippen LogP contribution in [0.1, 0.15) is 15.9 Å². The molecule has 2 N–H and O–H groups in total. The van der Waals surface area contributed by atoms with Crippen LogP contribution in [0.15, 0.2) is 83.0 Å². The summed E-state index contributed by atoms with van der Waals surface area (Å²) in [6.07, 6.45) is 0. The maximum Gasteiger partial charge on any atom is 0.259 e. The Kier molecular flexibility index (Phi) is 6.05. The van der Waals surface area contributed by atoms with Crippen molar-refractivity contribution in [3.8, 4) is 11.5 Å². The summed E-state index contributed by atoms with van der Waals surface area (Å²) < 4.78 is 5.14. The van der Waals surface area contributed by atoms with Crippen LogP contribution in [0.5, 0.6) is 11.5 Å². The summed E-state index contributed by atoms with van der Waals surface area (Å²) in [4.78, 5) is 12.9. The van der Waals surface area contributed by atoms with Crippen molar-refractivity contribution in [2.45, 2.75) is 6.92 Å². The minimum atomic E-state index is -0.465. The molecule has 160 valence electrons. The van der Waals surface area contributed by atoms with Gasteiger partial charge in [0.1, 0.15) is 11.4 Å². The average Bonchev–Trinajstić information content (AvgIpc) is 2.80. The molecule has 0 saturated carbocycles. The number of nitrogens with zero attached hydrogens (tertiary/aromatic N) is 2. The van der Waals surface area contributed by atoms with Gasteiger partial charge in [-0.05, 0) is 60.3 Å². The first-order chi connectivity index (χ1) is 15.5. The van der Waals surface area contributed by atoms with E-state index in [1.54, 1.807) is 49.6 Å². The van der Waals surface area contributed by atoms with Crippen molar-refractivity contribution in [3.05, 3.63) is 88.9 Å². The zero-order valence-electron chi connectivity index (χ0n) is 17.5. The minimum absolute atomic E-state index is 0.0930. The summed E-state index contributed by atoms with van der Waals surface area (Å²) in [5.74, 6) is -0.0413. The number of amides is 1. The molecule has 4 aromatic carbocycles. The molecule has 0 aliphatic heterocycles. The van der Waals surface area contributed by atoms with E-state index in [9.17, 15) is 9.90 Å². The third-order valence-corrected chi connectivity index (χ3v) is 5.42. The van der Waals surface area contributed by atoms with Crippen LogP contribution in [0.3, 0.4) is 0 Å². The molecular weight excluding hydrogens is 426 g/mol. The Morgan fingerprint density at radius 3 is 2.47 bits per heavy atom. The smallest absolute Gasteiger partial charge is 0.259 e. The molecular formula is C25H20ClN3O3. The van der Waals surface area contributed by atoms with Gasteiger partial charge in [0, 0.05) is 16.1 Å². The number of ether oxygens (including phenoxy) is 1. The van der Waals surface area contributed by atoms with E-state index in [0.29, 0.717) is 27.5 Å². The van der Waals surface area contributed by atoms with Crippen molar-refractivity contribution < 1.29 is 14.6 Å². The van der Waals surface area contributed by atoms with Crippen molar-refractivity contribution >= 4 is 45.3 Å². The molecule has 0 radical (unpaired) electrons. The number of nitrogens with one attached hydrogen (secondary N) is 1. The number of azo groups is 1. The molecule has 0 aliphatic rings. The van der Waals surface area contributed by atoms with Crippen LogP contribution in [-0.2, 0) is 0 Å². The summed E-state index contributed by atoms with van der Waals surface area (Å²) in [5, 5.41) is 24.2. The molecule has 0 aromatic heterocycles. The fourth-order valence-electron chi connectivity index (χ4n) is 3.22. The van der Waals surface area contributed by atoms with Crippen LogP contribution in [0.4, 0.5) is 17.1 Å². The molecule has 4 rings (SSSR count). The van der Waals surface area contributed by atoms with Crippen LogP contribution < -0.4 is 10.1 Å². The third kappa shape index (κ3) is 4.40. The van der Waals surface area contributed by atoms with Gasteiger partial charge in [-0.3, -0.25) is 4.79 Å². The highest BCUT2D eigenvalue weighted by Gasteiger charge is 2.18. The van der Waals surface area contributed by atoms with E-state index in [4.69, 9.17) is 16.3 Å². The van der Waals surface area contributed by atoms with Gasteiger partial charge in [0.05, 0.1) is 18.4 Å². The Bertz CT molecular complexity index is 1330. The molecule has 0 bridgehead atoms. The van der Waals surface area contributed by atoms with E-state index < -0.39 is 5.91 Å². The lowest BCUT2D eigenvalue weighted by molar-refractivity contribution is 0.102. The van der Waals surface area contributed by atoms with Gasteiger partial charge in [-0.25, -0.2) is 0 Å². The number of benzene rings is 4. The lowest BCUT2D eigenvalue weighted by Crippen LogP contribution is -2.12. The largest absolute Gasteiger partial charge is 0.505 e. The van der Waals surface area contributed by atoms with Gasteiger partial charge in [0.2, 0.25) is 0 Å². The number of aromatic hydroxyl groups is 1. The number of anilines is 1. The number of rotatable bonds is 5. The standard InChI is InChI=1S/C25H20ClN3O3/c1-15-7-8-18(14-22(15)26)28-29-23-20-6-4-3-5-16(20)13-21(24(23)30)25(31)27-17-9-11-19(32-2)12-10-17/h3-14,30H,1-2H3,(H,27,31). The summed E-state index contributed by atoms with van der Waals surface area (Å²) >= 11 is 6.17. The van der Waals surface area contributed by atoms with Crippen LogP contribution in [-0.4, -0.2) is 18.1 Å². The van der Waals surface area contributed by atoms with Crippen LogP contribution in [0, 0.1) is 6.92 Å². The van der Waals surface area contributed by atoms with E-state index in [1.165, 1.54) is 0 Å². The van der Waals surface area contributed by atoms with Gasteiger partial charge in [-0.15, -0.1) is 5.11 Å². The first kappa shape index (κ1) is 21.3. The summed E-state index contributed by atoms with van der Waals surface area (Å²) in [7, 11) is 1.57. The number of hydrogen-bond donors (Lipinski definition) is 2. The first-order valence-electron chi connectivity index (χ1n) is 9.84. The lowest BCUT2D eigenvalue weighted by atomic mass is 10.0. The van der Waals surface area contributed by atoms with Gasteiger partial charge in [-0.1, -0.05) is 41.9 Å². The number of halogens is 1. The van der Waals surface area contributed by atoms with Gasteiger partial charge >= 0.3 is 0 Å². The van der Waals surface area contributed by atoms with E-state index in [2.05, 4.69) is 15.5 Å². The quantitative estimate of drug-likeness (QED) is 0.319. The van der Waals surface area contributed by atoms with Crippen molar-refractivity contribution in [1.82, 2.24) is 0 Å². The molecule has 0 unspecified atom stereocenters. The Hall–Kier alpha value is -3.90. The fourth-order valence-corrected chi connectivity index (χ4v) is 3.39. The van der Waals surface area contributed by atoms with Crippen LogP contribution in [0.2, 0.25) is 5.02 Å². The Morgan fingerprint density at radius 2 is 1.75 bits per heavy atom. The Morgan fingerprint density at radius 1 is 1.00 bits per heavy atom. The summed E-state index contributed by atoms with van der Waals surface area (Å²) in [6.45, 7) is 1.90. The molecule has 0 atom stereocenters. The number of aryl methyl sites for hydroxylation is 1. The molecule has 4 aromatic rings. The second-order valence-electron chi connectivity index (χ2n) is 7.16. The van der Waals surface area contributed by atoms with Crippen molar-refractivity contribution in [3.63, 3.8) is 0 Å². The van der Waals surface area contributed by atoms with E-state index in [1.807, 2.05) is 37.3 Å². The highest BCUT2D eigenvalue weighted by atomic mass is 35.5. The number of phenols is 1. The highest BCUT2D eigenvalue weighted by Crippen LogP contribution is 2.39. The molecule has 0 saturated heterocycles. The van der Waals surface area contributed by atoms with Crippen molar-refractivity contribution in [1.29, 1.82) is 0 Å². The SMILES string of the molecule is COc1ccc(NC(=O)c2cc3ccccc3c(N=Nc3ccc(C)c(Cl)c3)c2O)cc1. The van der Waals surface area contributed by atoms with Crippen LogP contribution >= 0.6 is 11.6 Å². The minimum Gasteiger partial charge on any atom is -0.505 e.